The summed E-state index contributed by atoms with van der Waals surface area (Å²) >= 11 is 0. The molecule has 0 saturated heterocycles. The molecule has 4 nitrogen and oxygen atoms in total. The second-order valence-electron chi connectivity index (χ2n) is 4.84. The molecule has 0 aromatic rings. The van der Waals surface area contributed by atoms with Crippen LogP contribution in [0.15, 0.2) is 4.99 Å². The number of carbonyl (C=O) groups excluding carboxylic acids is 1. The lowest BCUT2D eigenvalue weighted by Crippen LogP contribution is -2.41. The van der Waals surface area contributed by atoms with E-state index in [1.807, 2.05) is 6.92 Å². The highest BCUT2D eigenvalue weighted by atomic mass is 16.2. The lowest BCUT2D eigenvalue weighted by Gasteiger charge is -2.19. The monoisotopic (exact) mass is 181 g/mol. The third kappa shape index (κ3) is 1.04. The summed E-state index contributed by atoms with van der Waals surface area (Å²) in [6.07, 6.45) is 1.05. The highest BCUT2D eigenvalue weighted by Gasteiger charge is 2.61. The SMILES string of the molecule is CC1(C)CC1C1(C)N=C(N)NC1=O. The molecule has 1 fully saturated rings. The quantitative estimate of drug-likeness (QED) is 0.608. The zero-order chi connectivity index (χ0) is 9.85. The first kappa shape index (κ1) is 8.53. The summed E-state index contributed by atoms with van der Waals surface area (Å²) in [5.74, 6) is 0.539. The molecule has 72 valence electrons. The highest BCUT2D eigenvalue weighted by Crippen LogP contribution is 2.58. The van der Waals surface area contributed by atoms with Crippen LogP contribution < -0.4 is 11.1 Å². The third-order valence-corrected chi connectivity index (χ3v) is 3.25. The summed E-state index contributed by atoms with van der Waals surface area (Å²) in [7, 11) is 0. The predicted molar refractivity (Wildman–Crippen MR) is 50.1 cm³/mol. The van der Waals surface area contributed by atoms with Crippen LogP contribution in [0.25, 0.3) is 0 Å². The van der Waals surface area contributed by atoms with Gasteiger partial charge in [-0.25, -0.2) is 4.99 Å². The number of aliphatic imine (C=N–C) groups is 1. The van der Waals surface area contributed by atoms with Crippen LogP contribution in [0.1, 0.15) is 27.2 Å². The van der Waals surface area contributed by atoms with Crippen molar-refractivity contribution in [1.82, 2.24) is 5.32 Å². The van der Waals surface area contributed by atoms with Crippen LogP contribution >= 0.6 is 0 Å². The van der Waals surface area contributed by atoms with E-state index in [1.54, 1.807) is 0 Å². The molecule has 0 aromatic carbocycles. The molecule has 2 unspecified atom stereocenters. The maximum Gasteiger partial charge on any atom is 0.254 e. The van der Waals surface area contributed by atoms with Gasteiger partial charge in [0.2, 0.25) is 0 Å². The van der Waals surface area contributed by atoms with Gasteiger partial charge >= 0.3 is 0 Å². The molecule has 1 aliphatic carbocycles. The van der Waals surface area contributed by atoms with Gasteiger partial charge in [0.25, 0.3) is 5.91 Å². The number of guanidine groups is 1. The Morgan fingerprint density at radius 1 is 1.54 bits per heavy atom. The minimum absolute atomic E-state index is 0.0550. The van der Waals surface area contributed by atoms with Gasteiger partial charge in [0.15, 0.2) is 5.96 Å². The number of amides is 1. The maximum absolute atomic E-state index is 11.6. The Bertz CT molecular complexity index is 308. The van der Waals surface area contributed by atoms with Gasteiger partial charge in [0.1, 0.15) is 5.54 Å². The van der Waals surface area contributed by atoms with Crippen molar-refractivity contribution >= 4 is 11.9 Å². The Morgan fingerprint density at radius 3 is 2.38 bits per heavy atom. The van der Waals surface area contributed by atoms with Crippen LogP contribution in [-0.4, -0.2) is 17.4 Å². The lowest BCUT2D eigenvalue weighted by molar-refractivity contribution is -0.124. The maximum atomic E-state index is 11.6. The molecule has 0 bridgehead atoms. The molecular formula is C9H15N3O. The molecule has 0 radical (unpaired) electrons. The number of hydrogen-bond donors (Lipinski definition) is 2. The van der Waals surface area contributed by atoms with Gasteiger partial charge in [-0.3, -0.25) is 10.1 Å². The summed E-state index contributed by atoms with van der Waals surface area (Å²) in [5, 5.41) is 2.56. The van der Waals surface area contributed by atoms with Crippen molar-refractivity contribution < 1.29 is 4.79 Å². The molecule has 13 heavy (non-hydrogen) atoms. The normalized spacial score (nSPS) is 41.3. The average molecular weight is 181 g/mol. The van der Waals surface area contributed by atoms with Gasteiger partial charge in [0, 0.05) is 0 Å². The minimum atomic E-state index is -0.617. The number of rotatable bonds is 1. The zero-order valence-corrected chi connectivity index (χ0v) is 8.22. The Hall–Kier alpha value is -1.06. The number of nitrogens with one attached hydrogen (secondary N) is 1. The first-order valence-electron chi connectivity index (χ1n) is 4.53. The van der Waals surface area contributed by atoms with Crippen LogP contribution in [-0.2, 0) is 4.79 Å². The average Bonchev–Trinajstić information content (AvgIpc) is 2.51. The van der Waals surface area contributed by atoms with Gasteiger partial charge in [-0.15, -0.1) is 0 Å². The molecule has 1 aliphatic heterocycles. The molecule has 2 rings (SSSR count). The summed E-state index contributed by atoms with van der Waals surface area (Å²) in [6, 6.07) is 0. The molecule has 2 aliphatic rings. The van der Waals surface area contributed by atoms with Crippen LogP contribution in [0.3, 0.4) is 0 Å². The number of nitrogens with zero attached hydrogens (tertiary/aromatic N) is 1. The smallest absolute Gasteiger partial charge is 0.254 e. The summed E-state index contributed by atoms with van der Waals surface area (Å²) < 4.78 is 0. The van der Waals surface area contributed by atoms with Crippen LogP contribution in [0.5, 0.6) is 0 Å². The van der Waals surface area contributed by atoms with Crippen molar-refractivity contribution in [3.8, 4) is 0 Å². The molecule has 3 N–H and O–H groups in total. The second-order valence-corrected chi connectivity index (χ2v) is 4.84. The van der Waals surface area contributed by atoms with Gasteiger partial charge in [-0.1, -0.05) is 13.8 Å². The van der Waals surface area contributed by atoms with E-state index in [0.29, 0.717) is 5.92 Å². The molecule has 0 spiro atoms. The molecule has 1 saturated carbocycles. The Labute approximate surface area is 77.6 Å². The molecule has 1 heterocycles. The van der Waals surface area contributed by atoms with E-state index in [-0.39, 0.29) is 17.3 Å². The minimum Gasteiger partial charge on any atom is -0.370 e. The van der Waals surface area contributed by atoms with E-state index in [0.717, 1.165) is 6.42 Å². The third-order valence-electron chi connectivity index (χ3n) is 3.25. The van der Waals surface area contributed by atoms with Gasteiger partial charge in [-0.05, 0) is 24.7 Å². The molecule has 4 heteroatoms. The first-order chi connectivity index (χ1) is 5.86. The molecule has 2 atom stereocenters. The highest BCUT2D eigenvalue weighted by molar-refractivity contribution is 6.06. The van der Waals surface area contributed by atoms with Gasteiger partial charge in [-0.2, -0.15) is 0 Å². The molecule has 1 amide bonds. The van der Waals surface area contributed by atoms with Crippen molar-refractivity contribution in [2.24, 2.45) is 22.1 Å². The van der Waals surface area contributed by atoms with E-state index in [4.69, 9.17) is 5.73 Å². The second kappa shape index (κ2) is 2.05. The van der Waals surface area contributed by atoms with E-state index >= 15 is 0 Å². The first-order valence-corrected chi connectivity index (χ1v) is 4.53. The van der Waals surface area contributed by atoms with Crippen LogP contribution in [0.4, 0.5) is 0 Å². The Balaban J connectivity index is 2.27. The topological polar surface area (TPSA) is 67.5 Å². The van der Waals surface area contributed by atoms with E-state index in [2.05, 4.69) is 24.2 Å². The number of hydrogen-bond acceptors (Lipinski definition) is 3. The fraction of sp³-hybridized carbons (Fsp3) is 0.778. The Kier molecular flexibility index (Phi) is 1.35. The Morgan fingerprint density at radius 2 is 2.08 bits per heavy atom. The van der Waals surface area contributed by atoms with Crippen molar-refractivity contribution in [2.45, 2.75) is 32.7 Å². The fourth-order valence-corrected chi connectivity index (χ4v) is 2.23. The van der Waals surface area contributed by atoms with Gasteiger partial charge < -0.3 is 5.73 Å². The summed E-state index contributed by atoms with van der Waals surface area (Å²) in [6.45, 7) is 6.17. The number of nitrogens with two attached hydrogens (primary N) is 1. The predicted octanol–water partition coefficient (Wildman–Crippen LogP) is 0.236. The van der Waals surface area contributed by atoms with Gasteiger partial charge in [0.05, 0.1) is 0 Å². The number of carbonyl (C=O) groups is 1. The van der Waals surface area contributed by atoms with Crippen molar-refractivity contribution in [1.29, 1.82) is 0 Å². The zero-order valence-electron chi connectivity index (χ0n) is 8.22. The largest absolute Gasteiger partial charge is 0.370 e. The van der Waals surface area contributed by atoms with Crippen LogP contribution in [0, 0.1) is 11.3 Å². The van der Waals surface area contributed by atoms with Crippen molar-refractivity contribution in [2.75, 3.05) is 0 Å². The van der Waals surface area contributed by atoms with Crippen LogP contribution in [0.2, 0.25) is 0 Å². The van der Waals surface area contributed by atoms with Crippen molar-refractivity contribution in [3.05, 3.63) is 0 Å². The lowest BCUT2D eigenvalue weighted by atomic mass is 9.91. The summed E-state index contributed by atoms with van der Waals surface area (Å²) in [4.78, 5) is 15.8. The summed E-state index contributed by atoms with van der Waals surface area (Å²) in [5.41, 5.74) is 5.09. The molecule has 0 aromatic heterocycles. The van der Waals surface area contributed by atoms with Crippen molar-refractivity contribution in [3.63, 3.8) is 0 Å². The molecular weight excluding hydrogens is 166 g/mol. The van der Waals surface area contributed by atoms with E-state index in [9.17, 15) is 4.79 Å². The van der Waals surface area contributed by atoms with E-state index in [1.165, 1.54) is 0 Å². The fourth-order valence-electron chi connectivity index (χ4n) is 2.23. The van der Waals surface area contributed by atoms with E-state index < -0.39 is 5.54 Å². The standard InChI is InChI=1S/C9H15N3O/c1-8(2)4-5(8)9(3)6(13)11-7(10)12-9/h5H,4H2,1-3H3,(H3,10,11,12,13).